The molecule has 0 bridgehead atoms. The van der Waals surface area contributed by atoms with Gasteiger partial charge in [0.05, 0.1) is 0 Å². The minimum Gasteiger partial charge on any atom is -0.343 e. The van der Waals surface area contributed by atoms with Crippen molar-refractivity contribution in [2.45, 2.75) is 57.9 Å². The maximum absolute atomic E-state index is 11.2. The minimum absolute atomic E-state index is 0.223. The molecule has 1 heterocycles. The van der Waals surface area contributed by atoms with Crippen molar-refractivity contribution in [2.24, 2.45) is 0 Å². The highest BCUT2D eigenvalue weighted by molar-refractivity contribution is 5.73. The van der Waals surface area contributed by atoms with Gasteiger partial charge in [0.25, 0.3) is 0 Å². The van der Waals surface area contributed by atoms with Gasteiger partial charge in [-0.1, -0.05) is 11.6 Å². The van der Waals surface area contributed by atoms with Crippen LogP contribution in [0.4, 0.5) is 0 Å². The van der Waals surface area contributed by atoms with E-state index in [4.69, 9.17) is 0 Å². The van der Waals surface area contributed by atoms with Crippen LogP contribution in [0, 0.1) is 0 Å². The van der Waals surface area contributed by atoms with Crippen molar-refractivity contribution in [1.29, 1.82) is 0 Å². The molecule has 3 nitrogen and oxygen atoms in total. The Morgan fingerprint density at radius 3 is 2.78 bits per heavy atom. The van der Waals surface area contributed by atoms with Crippen LogP contribution in [-0.2, 0) is 4.79 Å². The number of nitrogens with zero attached hydrogens (tertiary/aromatic N) is 1. The summed E-state index contributed by atoms with van der Waals surface area (Å²) in [5.74, 6) is 0.223. The van der Waals surface area contributed by atoms with Gasteiger partial charge in [-0.25, -0.2) is 0 Å². The average Bonchev–Trinajstić information content (AvgIpc) is 2.40. The first kappa shape index (κ1) is 13.6. The number of amides is 1. The lowest BCUT2D eigenvalue weighted by atomic mass is 9.97. The molecule has 1 saturated heterocycles. The first-order chi connectivity index (χ1) is 8.75. The van der Waals surface area contributed by atoms with Crippen LogP contribution < -0.4 is 5.32 Å². The predicted molar refractivity (Wildman–Crippen MR) is 74.4 cm³/mol. The van der Waals surface area contributed by atoms with Crippen LogP contribution in [0.25, 0.3) is 0 Å². The third kappa shape index (κ3) is 4.13. The summed E-state index contributed by atoms with van der Waals surface area (Å²) in [6.45, 7) is 4.63. The van der Waals surface area contributed by atoms with E-state index in [-0.39, 0.29) is 5.91 Å². The van der Waals surface area contributed by atoms with Gasteiger partial charge < -0.3 is 10.2 Å². The molecule has 18 heavy (non-hydrogen) atoms. The van der Waals surface area contributed by atoms with Gasteiger partial charge in [0, 0.05) is 26.1 Å². The molecule has 0 radical (unpaired) electrons. The van der Waals surface area contributed by atoms with Gasteiger partial charge in [0.15, 0.2) is 0 Å². The lowest BCUT2D eigenvalue weighted by molar-refractivity contribution is -0.129. The van der Waals surface area contributed by atoms with Crippen molar-refractivity contribution >= 4 is 5.91 Å². The number of rotatable bonds is 4. The maximum Gasteiger partial charge on any atom is 0.219 e. The predicted octanol–water partition coefficient (Wildman–Crippen LogP) is 2.48. The van der Waals surface area contributed by atoms with Gasteiger partial charge in [-0.2, -0.15) is 0 Å². The Bertz CT molecular complexity index is 304. The second-order valence-corrected chi connectivity index (χ2v) is 5.59. The van der Waals surface area contributed by atoms with Gasteiger partial charge in [0.2, 0.25) is 5.91 Å². The van der Waals surface area contributed by atoms with Gasteiger partial charge in [-0.15, -0.1) is 0 Å². The zero-order valence-electron chi connectivity index (χ0n) is 11.6. The van der Waals surface area contributed by atoms with Crippen LogP contribution in [-0.4, -0.2) is 36.5 Å². The van der Waals surface area contributed by atoms with Crippen molar-refractivity contribution < 1.29 is 4.79 Å². The summed E-state index contributed by atoms with van der Waals surface area (Å²) in [4.78, 5) is 13.2. The fourth-order valence-corrected chi connectivity index (χ4v) is 2.97. The minimum atomic E-state index is 0.223. The molecule has 0 atom stereocenters. The smallest absolute Gasteiger partial charge is 0.219 e. The Morgan fingerprint density at radius 2 is 2.17 bits per heavy atom. The summed E-state index contributed by atoms with van der Waals surface area (Å²) < 4.78 is 0. The monoisotopic (exact) mass is 250 g/mol. The summed E-state index contributed by atoms with van der Waals surface area (Å²) in [5.41, 5.74) is 1.65. The number of hydrogen-bond donors (Lipinski definition) is 1. The van der Waals surface area contributed by atoms with E-state index in [1.54, 1.807) is 12.5 Å². The molecule has 2 aliphatic rings. The highest BCUT2D eigenvalue weighted by Crippen LogP contribution is 2.19. The molecule has 1 fully saturated rings. The highest BCUT2D eigenvalue weighted by atomic mass is 16.2. The topological polar surface area (TPSA) is 32.3 Å². The van der Waals surface area contributed by atoms with E-state index in [2.05, 4.69) is 11.4 Å². The van der Waals surface area contributed by atoms with Gasteiger partial charge >= 0.3 is 0 Å². The lowest BCUT2D eigenvalue weighted by Crippen LogP contribution is -2.44. The normalized spacial score (nSPS) is 21.8. The standard InChI is InChI=1S/C15H26N2O/c1-13(18)17-11-8-15(9-12-17)16-10-7-14-5-3-2-4-6-14/h5,15-16H,2-4,6-12H2,1H3. The number of piperidine rings is 1. The Hall–Kier alpha value is -0.830. The largest absolute Gasteiger partial charge is 0.343 e. The SMILES string of the molecule is CC(=O)N1CCC(NCCC2=CCCCC2)CC1. The van der Waals surface area contributed by atoms with Crippen molar-refractivity contribution in [3.63, 3.8) is 0 Å². The van der Waals surface area contributed by atoms with E-state index < -0.39 is 0 Å². The van der Waals surface area contributed by atoms with E-state index in [1.807, 2.05) is 4.90 Å². The number of carbonyl (C=O) groups is 1. The number of nitrogens with one attached hydrogen (secondary N) is 1. The first-order valence-electron chi connectivity index (χ1n) is 7.42. The molecule has 0 aromatic carbocycles. The summed E-state index contributed by atoms with van der Waals surface area (Å²) in [7, 11) is 0. The molecule has 1 N–H and O–H groups in total. The van der Waals surface area contributed by atoms with E-state index in [1.165, 1.54) is 32.1 Å². The van der Waals surface area contributed by atoms with Gasteiger partial charge in [0.1, 0.15) is 0 Å². The fraction of sp³-hybridized carbons (Fsp3) is 0.800. The quantitative estimate of drug-likeness (QED) is 0.777. The zero-order valence-corrected chi connectivity index (χ0v) is 11.6. The molecule has 0 aromatic rings. The van der Waals surface area contributed by atoms with Crippen molar-refractivity contribution in [1.82, 2.24) is 10.2 Å². The van der Waals surface area contributed by atoms with E-state index >= 15 is 0 Å². The van der Waals surface area contributed by atoms with Crippen LogP contribution in [0.3, 0.4) is 0 Å². The van der Waals surface area contributed by atoms with Crippen molar-refractivity contribution in [2.75, 3.05) is 19.6 Å². The van der Waals surface area contributed by atoms with Crippen molar-refractivity contribution in [3.8, 4) is 0 Å². The Morgan fingerprint density at radius 1 is 1.39 bits per heavy atom. The molecule has 0 unspecified atom stereocenters. The molecule has 2 rings (SSSR count). The maximum atomic E-state index is 11.2. The molecular weight excluding hydrogens is 224 g/mol. The number of carbonyl (C=O) groups excluding carboxylic acids is 1. The molecule has 102 valence electrons. The van der Waals surface area contributed by atoms with Gasteiger partial charge in [-0.05, 0) is 51.5 Å². The Kier molecular flexibility index (Phi) is 5.24. The summed E-state index contributed by atoms with van der Waals surface area (Å²) in [6.07, 6.45) is 11.2. The molecule has 0 aromatic heterocycles. The molecule has 0 saturated carbocycles. The second kappa shape index (κ2) is 6.93. The third-order valence-electron chi connectivity index (χ3n) is 4.20. The molecule has 3 heteroatoms. The average molecular weight is 250 g/mol. The van der Waals surface area contributed by atoms with E-state index in [9.17, 15) is 4.79 Å². The first-order valence-corrected chi connectivity index (χ1v) is 7.42. The number of likely N-dealkylation sites (tertiary alicyclic amines) is 1. The van der Waals surface area contributed by atoms with E-state index in [0.29, 0.717) is 6.04 Å². The van der Waals surface area contributed by atoms with Crippen LogP contribution >= 0.6 is 0 Å². The lowest BCUT2D eigenvalue weighted by Gasteiger charge is -2.32. The molecule has 0 spiro atoms. The van der Waals surface area contributed by atoms with Gasteiger partial charge in [-0.3, -0.25) is 4.79 Å². The van der Waals surface area contributed by atoms with Crippen LogP contribution in [0.5, 0.6) is 0 Å². The third-order valence-corrected chi connectivity index (χ3v) is 4.20. The number of allylic oxidation sites excluding steroid dienone is 1. The Labute approximate surface area is 111 Å². The van der Waals surface area contributed by atoms with Crippen LogP contribution in [0.15, 0.2) is 11.6 Å². The highest BCUT2D eigenvalue weighted by Gasteiger charge is 2.19. The van der Waals surface area contributed by atoms with E-state index in [0.717, 1.165) is 32.5 Å². The fourth-order valence-electron chi connectivity index (χ4n) is 2.97. The summed E-state index contributed by atoms with van der Waals surface area (Å²) in [6, 6.07) is 0.616. The zero-order chi connectivity index (χ0) is 12.8. The molecular formula is C15H26N2O. The van der Waals surface area contributed by atoms with Crippen molar-refractivity contribution in [3.05, 3.63) is 11.6 Å². The second-order valence-electron chi connectivity index (χ2n) is 5.59. The summed E-state index contributed by atoms with van der Waals surface area (Å²) >= 11 is 0. The molecule has 1 aliphatic carbocycles. The van der Waals surface area contributed by atoms with Crippen LogP contribution in [0.1, 0.15) is 51.9 Å². The molecule has 1 aliphatic heterocycles. The summed E-state index contributed by atoms with van der Waals surface area (Å²) in [5, 5.41) is 3.65. The molecule has 1 amide bonds. The van der Waals surface area contributed by atoms with Crippen LogP contribution in [0.2, 0.25) is 0 Å². The number of hydrogen-bond acceptors (Lipinski definition) is 2. The Balaban J connectivity index is 1.60.